The molecule has 1 aromatic carbocycles. The lowest BCUT2D eigenvalue weighted by molar-refractivity contribution is 0.0950. The number of hydrogen-bond donors (Lipinski definition) is 2. The van der Waals surface area contributed by atoms with Crippen LogP contribution in [-0.2, 0) is 0 Å². The van der Waals surface area contributed by atoms with E-state index in [1.54, 1.807) is 12.1 Å². The predicted octanol–water partition coefficient (Wildman–Crippen LogP) is 2.72. The second kappa shape index (κ2) is 9.37. The first kappa shape index (κ1) is 16.5. The highest BCUT2D eigenvalue weighted by Gasteiger charge is 2.07. The summed E-state index contributed by atoms with van der Waals surface area (Å²) in [5, 5.41) is 2.85. The average molecular weight is 278 g/mol. The number of nitrogens with one attached hydrogen (secondary N) is 1. The van der Waals surface area contributed by atoms with Crippen LogP contribution in [0.2, 0.25) is 0 Å². The average Bonchev–Trinajstić information content (AvgIpc) is 2.46. The molecule has 3 N–H and O–H groups in total. The van der Waals surface area contributed by atoms with Crippen LogP contribution in [0.3, 0.4) is 0 Å². The third-order valence-electron chi connectivity index (χ3n) is 3.07. The van der Waals surface area contributed by atoms with Crippen molar-refractivity contribution in [1.82, 2.24) is 5.32 Å². The molecule has 4 heteroatoms. The Labute approximate surface area is 121 Å². The van der Waals surface area contributed by atoms with E-state index < -0.39 is 0 Å². The Morgan fingerprint density at radius 3 is 2.55 bits per heavy atom. The first-order valence-electron chi connectivity index (χ1n) is 7.44. The third kappa shape index (κ3) is 6.06. The SMILES string of the molecule is CCCCOc1ccc(C(=O)NCC(N)CCC)cc1. The lowest BCUT2D eigenvalue weighted by Crippen LogP contribution is -2.37. The summed E-state index contributed by atoms with van der Waals surface area (Å²) in [4.78, 5) is 11.9. The summed E-state index contributed by atoms with van der Waals surface area (Å²) in [5.41, 5.74) is 6.50. The standard InChI is InChI=1S/C16H26N2O2/c1-3-5-11-20-15-9-7-13(8-10-15)16(19)18-12-14(17)6-4-2/h7-10,14H,3-6,11-12,17H2,1-2H3,(H,18,19). The molecule has 1 aromatic rings. The molecule has 0 saturated carbocycles. The van der Waals surface area contributed by atoms with Gasteiger partial charge in [0.05, 0.1) is 6.61 Å². The number of rotatable bonds is 9. The molecule has 0 aliphatic heterocycles. The van der Waals surface area contributed by atoms with Gasteiger partial charge in [0.1, 0.15) is 5.75 Å². The van der Waals surface area contributed by atoms with Crippen LogP contribution in [0.4, 0.5) is 0 Å². The second-order valence-corrected chi connectivity index (χ2v) is 4.99. The zero-order valence-corrected chi connectivity index (χ0v) is 12.5. The smallest absolute Gasteiger partial charge is 0.251 e. The van der Waals surface area contributed by atoms with Gasteiger partial charge in [0.15, 0.2) is 0 Å². The van der Waals surface area contributed by atoms with Crippen molar-refractivity contribution >= 4 is 5.91 Å². The highest BCUT2D eigenvalue weighted by Crippen LogP contribution is 2.12. The second-order valence-electron chi connectivity index (χ2n) is 4.99. The number of amides is 1. The molecule has 1 unspecified atom stereocenters. The lowest BCUT2D eigenvalue weighted by atomic mass is 10.1. The number of hydrogen-bond acceptors (Lipinski definition) is 3. The number of unbranched alkanes of at least 4 members (excludes halogenated alkanes) is 1. The topological polar surface area (TPSA) is 64.3 Å². The monoisotopic (exact) mass is 278 g/mol. The van der Waals surface area contributed by atoms with Crippen LogP contribution in [0.15, 0.2) is 24.3 Å². The Bertz CT molecular complexity index is 390. The van der Waals surface area contributed by atoms with Crippen molar-refractivity contribution in [3.8, 4) is 5.75 Å². The van der Waals surface area contributed by atoms with Gasteiger partial charge in [0.2, 0.25) is 0 Å². The molecular formula is C16H26N2O2. The lowest BCUT2D eigenvalue weighted by Gasteiger charge is -2.12. The highest BCUT2D eigenvalue weighted by atomic mass is 16.5. The molecule has 0 bridgehead atoms. The maximum Gasteiger partial charge on any atom is 0.251 e. The van der Waals surface area contributed by atoms with Gasteiger partial charge in [0.25, 0.3) is 5.91 Å². The molecule has 1 amide bonds. The molecule has 0 aliphatic rings. The summed E-state index contributed by atoms with van der Waals surface area (Å²) in [6, 6.07) is 7.25. The predicted molar refractivity (Wildman–Crippen MR) is 82.1 cm³/mol. The summed E-state index contributed by atoms with van der Waals surface area (Å²) in [5.74, 6) is 0.717. The summed E-state index contributed by atoms with van der Waals surface area (Å²) in [7, 11) is 0. The van der Waals surface area contributed by atoms with Crippen LogP contribution >= 0.6 is 0 Å². The van der Waals surface area contributed by atoms with Gasteiger partial charge in [-0.3, -0.25) is 4.79 Å². The third-order valence-corrected chi connectivity index (χ3v) is 3.07. The van der Waals surface area contributed by atoms with Crippen molar-refractivity contribution in [2.24, 2.45) is 5.73 Å². The maximum atomic E-state index is 11.9. The van der Waals surface area contributed by atoms with Crippen LogP contribution in [-0.4, -0.2) is 25.1 Å². The van der Waals surface area contributed by atoms with Crippen molar-refractivity contribution in [2.75, 3.05) is 13.2 Å². The van der Waals surface area contributed by atoms with Crippen molar-refractivity contribution < 1.29 is 9.53 Å². The molecule has 1 rings (SSSR count). The molecule has 112 valence electrons. The first-order chi connectivity index (χ1) is 9.67. The van der Waals surface area contributed by atoms with Crippen molar-refractivity contribution in [3.63, 3.8) is 0 Å². The van der Waals surface area contributed by atoms with Gasteiger partial charge >= 0.3 is 0 Å². The quantitative estimate of drug-likeness (QED) is 0.683. The minimum Gasteiger partial charge on any atom is -0.494 e. The van der Waals surface area contributed by atoms with Gasteiger partial charge in [-0.2, -0.15) is 0 Å². The van der Waals surface area contributed by atoms with Gasteiger partial charge in [-0.15, -0.1) is 0 Å². The van der Waals surface area contributed by atoms with Crippen molar-refractivity contribution in [3.05, 3.63) is 29.8 Å². The molecule has 1 atom stereocenters. The fraction of sp³-hybridized carbons (Fsp3) is 0.562. The highest BCUT2D eigenvalue weighted by molar-refractivity contribution is 5.94. The van der Waals surface area contributed by atoms with Crippen molar-refractivity contribution in [1.29, 1.82) is 0 Å². The van der Waals surface area contributed by atoms with Crippen LogP contribution in [0.1, 0.15) is 49.9 Å². The maximum absolute atomic E-state index is 11.9. The van der Waals surface area contributed by atoms with Gasteiger partial charge in [-0.25, -0.2) is 0 Å². The van der Waals surface area contributed by atoms with E-state index in [-0.39, 0.29) is 11.9 Å². The van der Waals surface area contributed by atoms with Gasteiger partial charge in [-0.1, -0.05) is 26.7 Å². The zero-order chi connectivity index (χ0) is 14.8. The molecule has 0 spiro atoms. The molecule has 0 heterocycles. The van der Waals surface area contributed by atoms with E-state index in [4.69, 9.17) is 10.5 Å². The van der Waals surface area contributed by atoms with E-state index >= 15 is 0 Å². The van der Waals surface area contributed by atoms with E-state index in [1.807, 2.05) is 12.1 Å². The minimum atomic E-state index is -0.0864. The van der Waals surface area contributed by atoms with Crippen LogP contribution in [0.5, 0.6) is 5.75 Å². The molecule has 4 nitrogen and oxygen atoms in total. The summed E-state index contributed by atoms with van der Waals surface area (Å²) in [6.07, 6.45) is 4.10. The molecule has 0 aliphatic carbocycles. The number of nitrogens with two attached hydrogens (primary N) is 1. The van der Waals surface area contributed by atoms with Gasteiger partial charge in [-0.05, 0) is 37.1 Å². The molecular weight excluding hydrogens is 252 g/mol. The molecule has 0 aromatic heterocycles. The Kier molecular flexibility index (Phi) is 7.73. The van der Waals surface area contributed by atoms with Crippen LogP contribution in [0.25, 0.3) is 0 Å². The number of benzene rings is 1. The van der Waals surface area contributed by atoms with E-state index in [1.165, 1.54) is 0 Å². The summed E-state index contributed by atoms with van der Waals surface area (Å²) >= 11 is 0. The van der Waals surface area contributed by atoms with E-state index in [2.05, 4.69) is 19.2 Å². The number of carbonyl (C=O) groups excluding carboxylic acids is 1. The summed E-state index contributed by atoms with van der Waals surface area (Å²) in [6.45, 7) is 5.44. The number of ether oxygens (including phenoxy) is 1. The molecule has 20 heavy (non-hydrogen) atoms. The number of carbonyl (C=O) groups is 1. The van der Waals surface area contributed by atoms with Crippen LogP contribution < -0.4 is 15.8 Å². The molecule has 0 radical (unpaired) electrons. The largest absolute Gasteiger partial charge is 0.494 e. The van der Waals surface area contributed by atoms with Crippen molar-refractivity contribution in [2.45, 2.75) is 45.6 Å². The van der Waals surface area contributed by atoms with E-state index in [0.29, 0.717) is 18.7 Å². The van der Waals surface area contributed by atoms with E-state index in [0.717, 1.165) is 31.4 Å². The summed E-state index contributed by atoms with van der Waals surface area (Å²) < 4.78 is 5.56. The van der Waals surface area contributed by atoms with Gasteiger partial charge in [0, 0.05) is 18.2 Å². The Balaban J connectivity index is 2.40. The Hall–Kier alpha value is -1.55. The zero-order valence-electron chi connectivity index (χ0n) is 12.5. The molecule has 0 fully saturated rings. The Morgan fingerprint density at radius 1 is 1.25 bits per heavy atom. The van der Waals surface area contributed by atoms with E-state index in [9.17, 15) is 4.79 Å². The fourth-order valence-electron chi connectivity index (χ4n) is 1.84. The Morgan fingerprint density at radius 2 is 1.95 bits per heavy atom. The van der Waals surface area contributed by atoms with Gasteiger partial charge < -0.3 is 15.8 Å². The van der Waals surface area contributed by atoms with Crippen LogP contribution in [0, 0.1) is 0 Å². The first-order valence-corrected chi connectivity index (χ1v) is 7.44. The normalized spacial score (nSPS) is 11.9. The minimum absolute atomic E-state index is 0.0283. The fourth-order valence-corrected chi connectivity index (χ4v) is 1.84. The molecule has 0 saturated heterocycles.